The van der Waals surface area contributed by atoms with Crippen LogP contribution in [-0.2, 0) is 16.8 Å². The van der Waals surface area contributed by atoms with Crippen LogP contribution in [0.4, 0.5) is 0 Å². The number of hydrogen-bond acceptors (Lipinski definition) is 1. The zero-order valence-electron chi connectivity index (χ0n) is 18.8. The summed E-state index contributed by atoms with van der Waals surface area (Å²) >= 11 is 0. The second-order valence-corrected chi connectivity index (χ2v) is 9.09. The van der Waals surface area contributed by atoms with Gasteiger partial charge in [0.05, 0.1) is 0 Å². The van der Waals surface area contributed by atoms with Crippen molar-refractivity contribution in [1.29, 1.82) is 0 Å². The smallest absolute Gasteiger partial charge is 0.244 e. The van der Waals surface area contributed by atoms with E-state index in [2.05, 4.69) is 76.4 Å². The fourth-order valence-electron chi connectivity index (χ4n) is 5.66. The van der Waals surface area contributed by atoms with Crippen molar-refractivity contribution in [3.05, 3.63) is 126 Å². The lowest BCUT2D eigenvalue weighted by Crippen LogP contribution is -2.47. The molecule has 0 spiro atoms. The van der Waals surface area contributed by atoms with Crippen molar-refractivity contribution in [1.82, 2.24) is 4.57 Å². The number of hydrogen-bond donors (Lipinski definition) is 1. The van der Waals surface area contributed by atoms with Crippen LogP contribution in [0.15, 0.2) is 110 Å². The molecule has 0 radical (unpaired) electrons. The van der Waals surface area contributed by atoms with Gasteiger partial charge in [-0.2, -0.15) is 0 Å². The van der Waals surface area contributed by atoms with Crippen LogP contribution in [0.25, 0.3) is 0 Å². The summed E-state index contributed by atoms with van der Waals surface area (Å²) in [5.41, 5.74) is 8.67. The van der Waals surface area contributed by atoms with Crippen LogP contribution in [0.5, 0.6) is 0 Å². The largest absolute Gasteiger partial charge is 0.369 e. The van der Waals surface area contributed by atoms with Crippen LogP contribution in [0.3, 0.4) is 0 Å². The Morgan fingerprint density at radius 2 is 1.45 bits per heavy atom. The number of rotatable bonds is 7. The zero-order chi connectivity index (χ0) is 22.7. The molecular formula is C29H30N3O+. The molecule has 0 bridgehead atoms. The monoisotopic (exact) mass is 436 g/mol. The lowest BCUT2D eigenvalue weighted by molar-refractivity contribution is -0.688. The highest BCUT2D eigenvalue weighted by Gasteiger charge is 2.50. The van der Waals surface area contributed by atoms with Gasteiger partial charge in [-0.25, -0.2) is 9.13 Å². The first-order valence-electron chi connectivity index (χ1n) is 11.7. The summed E-state index contributed by atoms with van der Waals surface area (Å²) < 4.78 is 4.53. The van der Waals surface area contributed by atoms with Crippen LogP contribution in [-0.4, -0.2) is 10.5 Å². The SMILES string of the molecule is NC(=O)C(c1ccccc1)(c1ccccc1)[C@@H]1CC[C@@H](n2cc[n+](Cc3ccccc3)c2)C1. The second kappa shape index (κ2) is 9.07. The quantitative estimate of drug-likeness (QED) is 0.422. The van der Waals surface area contributed by atoms with Crippen molar-refractivity contribution in [2.75, 3.05) is 0 Å². The van der Waals surface area contributed by atoms with Gasteiger partial charge in [0.1, 0.15) is 30.4 Å². The third-order valence-corrected chi connectivity index (χ3v) is 7.21. The molecule has 0 saturated heterocycles. The molecule has 33 heavy (non-hydrogen) atoms. The van der Waals surface area contributed by atoms with E-state index in [1.165, 1.54) is 5.56 Å². The summed E-state index contributed by atoms with van der Waals surface area (Å²) in [6.07, 6.45) is 9.38. The van der Waals surface area contributed by atoms with E-state index < -0.39 is 5.41 Å². The van der Waals surface area contributed by atoms with Crippen LogP contribution < -0.4 is 10.3 Å². The molecule has 1 aliphatic carbocycles. The molecule has 2 N–H and O–H groups in total. The van der Waals surface area contributed by atoms with Gasteiger partial charge >= 0.3 is 0 Å². The molecule has 1 saturated carbocycles. The first-order chi connectivity index (χ1) is 16.2. The number of imidazole rings is 1. The Morgan fingerprint density at radius 3 is 2.03 bits per heavy atom. The molecule has 2 atom stereocenters. The Hall–Kier alpha value is -3.66. The van der Waals surface area contributed by atoms with Crippen molar-refractivity contribution in [2.45, 2.75) is 37.3 Å². The first-order valence-corrected chi connectivity index (χ1v) is 11.7. The van der Waals surface area contributed by atoms with Crippen molar-refractivity contribution in [3.63, 3.8) is 0 Å². The van der Waals surface area contributed by atoms with Crippen LogP contribution >= 0.6 is 0 Å². The summed E-state index contributed by atoms with van der Waals surface area (Å²) in [7, 11) is 0. The molecule has 3 aromatic carbocycles. The van der Waals surface area contributed by atoms with Gasteiger partial charge < -0.3 is 5.73 Å². The Labute approximate surface area is 195 Å². The minimum absolute atomic E-state index is 0.134. The summed E-state index contributed by atoms with van der Waals surface area (Å²) in [5, 5.41) is 0. The fraction of sp³-hybridized carbons (Fsp3) is 0.241. The summed E-state index contributed by atoms with van der Waals surface area (Å²) in [5.74, 6) is -0.132. The van der Waals surface area contributed by atoms with Crippen molar-refractivity contribution in [3.8, 4) is 0 Å². The molecule has 4 heteroatoms. The topological polar surface area (TPSA) is 51.9 Å². The minimum atomic E-state index is -0.829. The number of primary amides is 1. The van der Waals surface area contributed by atoms with Crippen molar-refractivity contribution >= 4 is 5.91 Å². The lowest BCUT2D eigenvalue weighted by atomic mass is 9.64. The van der Waals surface area contributed by atoms with Gasteiger partial charge in [0.15, 0.2) is 0 Å². The van der Waals surface area contributed by atoms with E-state index in [0.29, 0.717) is 6.04 Å². The average molecular weight is 437 g/mol. The van der Waals surface area contributed by atoms with E-state index in [-0.39, 0.29) is 11.8 Å². The highest BCUT2D eigenvalue weighted by Crippen LogP contribution is 2.49. The standard InChI is InChI=1S/C29H29N3O/c30-28(33)29(24-12-6-2-7-13-24,25-14-8-3-9-15-25)26-16-17-27(20-26)32-19-18-31(22-32)21-23-10-4-1-5-11-23/h1-15,18-19,22,26-27H,16-17,20-21H2,(H-,30,33)/p+1/t26-,27-/m1/s1. The highest BCUT2D eigenvalue weighted by atomic mass is 16.1. The van der Waals surface area contributed by atoms with Gasteiger partial charge in [-0.15, -0.1) is 0 Å². The second-order valence-electron chi connectivity index (χ2n) is 9.09. The van der Waals surface area contributed by atoms with Gasteiger partial charge in [-0.1, -0.05) is 91.0 Å². The molecule has 166 valence electrons. The summed E-state index contributed by atoms with van der Waals surface area (Å²) in [6, 6.07) is 31.0. The number of carbonyl (C=O) groups is 1. The van der Waals surface area contributed by atoms with E-state index >= 15 is 0 Å². The van der Waals surface area contributed by atoms with E-state index in [9.17, 15) is 4.79 Å². The molecule has 0 aliphatic heterocycles. The van der Waals surface area contributed by atoms with Crippen molar-refractivity contribution in [2.24, 2.45) is 11.7 Å². The summed E-state index contributed by atoms with van der Waals surface area (Å²) in [6.45, 7) is 0.850. The number of benzene rings is 3. The third-order valence-electron chi connectivity index (χ3n) is 7.21. The maximum absolute atomic E-state index is 13.3. The Kier molecular flexibility index (Phi) is 5.82. The van der Waals surface area contributed by atoms with E-state index in [1.54, 1.807) is 0 Å². The molecular weight excluding hydrogens is 406 g/mol. The lowest BCUT2D eigenvalue weighted by Gasteiger charge is -2.37. The van der Waals surface area contributed by atoms with Gasteiger partial charge in [-0.3, -0.25) is 4.79 Å². The van der Waals surface area contributed by atoms with Crippen molar-refractivity contribution < 1.29 is 9.36 Å². The normalized spacial score (nSPS) is 18.3. The molecule has 4 nitrogen and oxygen atoms in total. The highest BCUT2D eigenvalue weighted by molar-refractivity contribution is 5.91. The maximum atomic E-state index is 13.3. The van der Waals surface area contributed by atoms with E-state index in [0.717, 1.165) is 36.9 Å². The zero-order valence-corrected chi connectivity index (χ0v) is 18.8. The molecule has 1 fully saturated rings. The molecule has 4 aromatic rings. The molecule has 1 aliphatic rings. The number of nitrogens with zero attached hydrogens (tertiary/aromatic N) is 2. The fourth-order valence-corrected chi connectivity index (χ4v) is 5.66. The first kappa shape index (κ1) is 21.2. The summed E-state index contributed by atoms with van der Waals surface area (Å²) in [4.78, 5) is 13.3. The van der Waals surface area contributed by atoms with E-state index in [1.807, 2.05) is 42.5 Å². The van der Waals surface area contributed by atoms with Gasteiger partial charge in [0.25, 0.3) is 0 Å². The van der Waals surface area contributed by atoms with E-state index in [4.69, 9.17) is 5.73 Å². The number of carbonyl (C=O) groups excluding carboxylic acids is 1. The number of amides is 1. The maximum Gasteiger partial charge on any atom is 0.244 e. The minimum Gasteiger partial charge on any atom is -0.369 e. The Bertz CT molecular complexity index is 1160. The third kappa shape index (κ3) is 3.97. The molecule has 1 aromatic heterocycles. The Balaban J connectivity index is 1.45. The number of aromatic nitrogens is 2. The molecule has 0 unspecified atom stereocenters. The number of nitrogens with two attached hydrogens (primary N) is 1. The van der Waals surface area contributed by atoms with Crippen LogP contribution in [0.1, 0.15) is 42.0 Å². The van der Waals surface area contributed by atoms with Crippen LogP contribution in [0, 0.1) is 5.92 Å². The van der Waals surface area contributed by atoms with Crippen LogP contribution in [0.2, 0.25) is 0 Å². The predicted octanol–water partition coefficient (Wildman–Crippen LogP) is 4.64. The van der Waals surface area contributed by atoms with Gasteiger partial charge in [0.2, 0.25) is 12.2 Å². The molecule has 1 heterocycles. The molecule has 5 rings (SSSR count). The Morgan fingerprint density at radius 1 is 0.879 bits per heavy atom. The predicted molar refractivity (Wildman–Crippen MR) is 129 cm³/mol. The van der Waals surface area contributed by atoms with Gasteiger partial charge in [0, 0.05) is 0 Å². The molecule has 1 amide bonds. The van der Waals surface area contributed by atoms with Gasteiger partial charge in [-0.05, 0) is 41.9 Å². The average Bonchev–Trinajstić information content (AvgIpc) is 3.52.